The first-order valence-corrected chi connectivity index (χ1v) is 7.58. The molecule has 2 atom stereocenters. The molecule has 116 valence electrons. The summed E-state index contributed by atoms with van der Waals surface area (Å²) >= 11 is 0. The highest BCUT2D eigenvalue weighted by Crippen LogP contribution is 2.26. The van der Waals surface area contributed by atoms with Crippen LogP contribution in [-0.2, 0) is 11.2 Å². The van der Waals surface area contributed by atoms with Crippen LogP contribution >= 0.6 is 0 Å². The number of benzene rings is 2. The van der Waals surface area contributed by atoms with Gasteiger partial charge in [0.2, 0.25) is 5.91 Å². The average Bonchev–Trinajstić information content (AvgIpc) is 3.07. The van der Waals surface area contributed by atoms with E-state index in [1.807, 2.05) is 54.6 Å². The van der Waals surface area contributed by atoms with Gasteiger partial charge >= 0.3 is 0 Å². The van der Waals surface area contributed by atoms with Crippen molar-refractivity contribution in [3.63, 3.8) is 0 Å². The monoisotopic (exact) mass is 306 g/mol. The Kier molecular flexibility index (Phi) is 4.67. The van der Waals surface area contributed by atoms with Crippen LogP contribution in [0.3, 0.4) is 0 Å². The summed E-state index contributed by atoms with van der Waals surface area (Å²) in [5.41, 5.74) is 9.01. The van der Waals surface area contributed by atoms with Gasteiger partial charge in [0, 0.05) is 12.2 Å². The van der Waals surface area contributed by atoms with Crippen LogP contribution < -0.4 is 16.2 Å². The minimum Gasteiger partial charge on any atom is -0.326 e. The average molecular weight is 306 g/mol. The van der Waals surface area contributed by atoms with Crippen molar-refractivity contribution in [3.05, 3.63) is 65.7 Å². The van der Waals surface area contributed by atoms with Gasteiger partial charge in [0.1, 0.15) is 0 Å². The summed E-state index contributed by atoms with van der Waals surface area (Å²) in [4.78, 5) is 12.6. The van der Waals surface area contributed by atoms with E-state index in [9.17, 15) is 4.79 Å². The smallest absolute Gasteiger partial charge is 0.230 e. The lowest BCUT2D eigenvalue weighted by atomic mass is 9.94. The van der Waals surface area contributed by atoms with Crippen molar-refractivity contribution in [2.75, 3.05) is 11.9 Å². The molecule has 0 aromatic heterocycles. The molecule has 0 saturated carbocycles. The Morgan fingerprint density at radius 2 is 1.91 bits per heavy atom. The van der Waals surface area contributed by atoms with Crippen LogP contribution in [0.4, 0.5) is 5.69 Å². The second kappa shape index (κ2) is 7.05. The first kappa shape index (κ1) is 15.2. The number of carbonyl (C=O) groups excluding carboxylic acids is 1. The minimum atomic E-state index is -0.184. The molecule has 23 heavy (non-hydrogen) atoms. The zero-order valence-corrected chi connectivity index (χ0v) is 12.6. The number of hydrogen-bond acceptors (Lipinski definition) is 4. The number of amides is 1. The second-order valence-electron chi connectivity index (χ2n) is 5.54. The maximum Gasteiger partial charge on any atom is 0.230 e. The van der Waals surface area contributed by atoms with Crippen molar-refractivity contribution in [2.45, 2.75) is 12.5 Å². The molecule has 1 heterocycles. The first-order valence-electron chi connectivity index (χ1n) is 7.58. The van der Waals surface area contributed by atoms with E-state index in [1.54, 1.807) is 0 Å². The van der Waals surface area contributed by atoms with Crippen LogP contribution in [0, 0.1) is 17.2 Å². The maximum atomic E-state index is 12.6. The molecule has 2 aromatic rings. The first-order chi connectivity index (χ1) is 11.3. The van der Waals surface area contributed by atoms with Crippen molar-refractivity contribution in [2.24, 2.45) is 5.92 Å². The van der Waals surface area contributed by atoms with E-state index < -0.39 is 0 Å². The summed E-state index contributed by atoms with van der Waals surface area (Å²) in [6, 6.07) is 19.4. The Labute approximate surface area is 135 Å². The van der Waals surface area contributed by atoms with Gasteiger partial charge in [0.15, 0.2) is 0 Å². The number of carbonyl (C=O) groups is 1. The molecular formula is C18H18N4O. The fourth-order valence-electron chi connectivity index (χ4n) is 2.75. The lowest BCUT2D eigenvalue weighted by molar-refractivity contribution is -0.119. The number of rotatable bonds is 4. The van der Waals surface area contributed by atoms with Gasteiger partial charge < -0.3 is 5.32 Å². The van der Waals surface area contributed by atoms with Crippen molar-refractivity contribution < 1.29 is 4.79 Å². The van der Waals surface area contributed by atoms with Gasteiger partial charge in [-0.25, -0.2) is 5.43 Å². The summed E-state index contributed by atoms with van der Waals surface area (Å²) in [5, 5.41) is 11.6. The third kappa shape index (κ3) is 3.57. The van der Waals surface area contributed by atoms with Crippen molar-refractivity contribution in [1.29, 1.82) is 5.26 Å². The molecule has 1 fully saturated rings. The Morgan fingerprint density at radius 1 is 1.17 bits per heavy atom. The largest absolute Gasteiger partial charge is 0.326 e. The Bertz CT molecular complexity index is 706. The molecule has 3 N–H and O–H groups in total. The zero-order chi connectivity index (χ0) is 16.1. The van der Waals surface area contributed by atoms with Crippen molar-refractivity contribution in [3.8, 4) is 6.07 Å². The highest BCUT2D eigenvalue weighted by molar-refractivity contribution is 5.93. The molecule has 1 aliphatic rings. The highest BCUT2D eigenvalue weighted by atomic mass is 16.2. The molecule has 5 heteroatoms. The molecule has 2 aromatic carbocycles. The molecular weight excluding hydrogens is 288 g/mol. The van der Waals surface area contributed by atoms with Crippen LogP contribution in [-0.4, -0.2) is 12.5 Å². The summed E-state index contributed by atoms with van der Waals surface area (Å²) in [6.07, 6.45) is 0.376. The van der Waals surface area contributed by atoms with Gasteiger partial charge in [-0.15, -0.1) is 0 Å². The summed E-state index contributed by atoms with van der Waals surface area (Å²) in [6.45, 7) is 0.581. The molecule has 1 saturated heterocycles. The van der Waals surface area contributed by atoms with Crippen LogP contribution in [0.2, 0.25) is 0 Å². The molecule has 0 aliphatic carbocycles. The lowest BCUT2D eigenvalue weighted by Gasteiger charge is -2.18. The third-order valence-electron chi connectivity index (χ3n) is 3.98. The Morgan fingerprint density at radius 3 is 2.61 bits per heavy atom. The van der Waals surface area contributed by atoms with E-state index in [2.05, 4.69) is 22.2 Å². The van der Waals surface area contributed by atoms with Gasteiger partial charge in [-0.2, -0.15) is 5.26 Å². The number of nitrogens with one attached hydrogen (secondary N) is 3. The van der Waals surface area contributed by atoms with Crippen LogP contribution in [0.5, 0.6) is 0 Å². The van der Waals surface area contributed by atoms with Crippen molar-refractivity contribution >= 4 is 11.6 Å². The molecule has 0 spiro atoms. The van der Waals surface area contributed by atoms with Gasteiger partial charge in [-0.3, -0.25) is 10.2 Å². The van der Waals surface area contributed by atoms with E-state index >= 15 is 0 Å². The van der Waals surface area contributed by atoms with Crippen LogP contribution in [0.15, 0.2) is 54.6 Å². The minimum absolute atomic E-state index is 0.0237. The topological polar surface area (TPSA) is 77.0 Å². The standard InChI is InChI=1S/C18H18N4O/c19-11-10-13-6-8-15(9-7-13)21-18(23)16-12-20-22-17(16)14-4-2-1-3-5-14/h1-9,16-17,20,22H,10,12H2,(H,21,23). The summed E-state index contributed by atoms with van der Waals surface area (Å²) in [7, 11) is 0. The number of hydrazine groups is 1. The molecule has 3 rings (SSSR count). The van der Waals surface area contributed by atoms with E-state index in [1.165, 1.54) is 0 Å². The predicted molar refractivity (Wildman–Crippen MR) is 88.2 cm³/mol. The third-order valence-corrected chi connectivity index (χ3v) is 3.98. The fraction of sp³-hybridized carbons (Fsp3) is 0.222. The van der Waals surface area contributed by atoms with Crippen LogP contribution in [0.1, 0.15) is 17.2 Å². The zero-order valence-electron chi connectivity index (χ0n) is 12.6. The summed E-state index contributed by atoms with van der Waals surface area (Å²) < 4.78 is 0. The van der Waals surface area contributed by atoms with E-state index in [0.29, 0.717) is 13.0 Å². The SMILES string of the molecule is N#CCc1ccc(NC(=O)C2CNNC2c2ccccc2)cc1. The highest BCUT2D eigenvalue weighted by Gasteiger charge is 2.33. The molecule has 2 unspecified atom stereocenters. The number of nitrogens with zero attached hydrogens (tertiary/aromatic N) is 1. The predicted octanol–water partition coefficient (Wildman–Crippen LogP) is 2.16. The Hall–Kier alpha value is -2.68. The number of anilines is 1. The molecule has 0 bridgehead atoms. The molecule has 1 amide bonds. The van der Waals surface area contributed by atoms with E-state index in [4.69, 9.17) is 5.26 Å². The summed E-state index contributed by atoms with van der Waals surface area (Å²) in [5.74, 6) is -0.208. The Balaban J connectivity index is 1.69. The molecule has 5 nitrogen and oxygen atoms in total. The second-order valence-corrected chi connectivity index (χ2v) is 5.54. The van der Waals surface area contributed by atoms with Gasteiger partial charge in [-0.05, 0) is 23.3 Å². The molecule has 1 aliphatic heterocycles. The van der Waals surface area contributed by atoms with E-state index in [0.717, 1.165) is 16.8 Å². The normalized spacial score (nSPS) is 20.0. The fourth-order valence-corrected chi connectivity index (χ4v) is 2.75. The van der Waals surface area contributed by atoms with Crippen molar-refractivity contribution in [1.82, 2.24) is 10.9 Å². The lowest BCUT2D eigenvalue weighted by Crippen LogP contribution is -2.29. The van der Waals surface area contributed by atoms with Gasteiger partial charge in [0.05, 0.1) is 24.4 Å². The van der Waals surface area contributed by atoms with Gasteiger partial charge in [-0.1, -0.05) is 42.5 Å². The van der Waals surface area contributed by atoms with Crippen LogP contribution in [0.25, 0.3) is 0 Å². The van der Waals surface area contributed by atoms with E-state index in [-0.39, 0.29) is 17.9 Å². The maximum absolute atomic E-state index is 12.6. The number of nitriles is 1. The van der Waals surface area contributed by atoms with Gasteiger partial charge in [0.25, 0.3) is 0 Å². The molecule has 0 radical (unpaired) electrons. The number of hydrogen-bond donors (Lipinski definition) is 3. The quantitative estimate of drug-likeness (QED) is 0.809.